The van der Waals surface area contributed by atoms with Gasteiger partial charge in [0.1, 0.15) is 18.1 Å². The fourth-order valence-electron chi connectivity index (χ4n) is 3.28. The molecule has 0 bridgehead atoms. The van der Waals surface area contributed by atoms with Crippen LogP contribution in [0.2, 0.25) is 0 Å². The smallest absolute Gasteiger partial charge is 0.346 e. The van der Waals surface area contributed by atoms with Crippen LogP contribution < -0.4 is 20.7 Å². The van der Waals surface area contributed by atoms with E-state index >= 15 is 0 Å². The van der Waals surface area contributed by atoms with Gasteiger partial charge in [0, 0.05) is 24.4 Å². The van der Waals surface area contributed by atoms with Crippen LogP contribution in [0.3, 0.4) is 0 Å². The first kappa shape index (κ1) is 23.8. The molecule has 3 rings (SSSR count). The summed E-state index contributed by atoms with van der Waals surface area (Å²) in [5.74, 6) is 0.651. The third-order valence-electron chi connectivity index (χ3n) is 5.43. The maximum Gasteiger partial charge on any atom is 0.346 e. The number of esters is 1. The van der Waals surface area contributed by atoms with E-state index in [9.17, 15) is 14.4 Å². The third kappa shape index (κ3) is 5.34. The monoisotopic (exact) mass is 452 g/mol. The molecule has 1 unspecified atom stereocenters. The molecule has 8 nitrogen and oxygen atoms in total. The minimum Gasteiger partial charge on any atom is -0.489 e. The number of aromatic nitrogens is 2. The van der Waals surface area contributed by atoms with Gasteiger partial charge in [-0.05, 0) is 56.2 Å². The number of aryl methyl sites for hydroxylation is 2. The summed E-state index contributed by atoms with van der Waals surface area (Å²) in [4.78, 5) is 36.6. The number of nitrogens with zero attached hydrogens (tertiary/aromatic N) is 2. The molecule has 33 heavy (non-hydrogen) atoms. The second-order valence-corrected chi connectivity index (χ2v) is 7.66. The Balaban J connectivity index is 1.80. The van der Waals surface area contributed by atoms with Crippen LogP contribution in [0.4, 0.5) is 0 Å². The van der Waals surface area contributed by atoms with E-state index in [1.807, 2.05) is 25.1 Å². The van der Waals surface area contributed by atoms with Crippen molar-refractivity contribution in [2.75, 3.05) is 7.11 Å². The number of ether oxygens (including phenoxy) is 3. The summed E-state index contributed by atoms with van der Waals surface area (Å²) >= 11 is 0. The Morgan fingerprint density at radius 2 is 1.76 bits per heavy atom. The largest absolute Gasteiger partial charge is 0.489 e. The van der Waals surface area contributed by atoms with Gasteiger partial charge < -0.3 is 18.8 Å². The van der Waals surface area contributed by atoms with Gasteiger partial charge in [-0.2, -0.15) is 0 Å². The van der Waals surface area contributed by atoms with Crippen molar-refractivity contribution >= 4 is 5.97 Å². The summed E-state index contributed by atoms with van der Waals surface area (Å²) < 4.78 is 19.0. The molecule has 0 saturated heterocycles. The quantitative estimate of drug-likeness (QED) is 0.489. The molecular weight excluding hydrogens is 424 g/mol. The van der Waals surface area contributed by atoms with Gasteiger partial charge in [0.25, 0.3) is 5.56 Å². The van der Waals surface area contributed by atoms with E-state index in [0.29, 0.717) is 22.9 Å². The molecule has 0 fully saturated rings. The van der Waals surface area contributed by atoms with E-state index in [0.717, 1.165) is 22.1 Å². The van der Waals surface area contributed by atoms with Crippen molar-refractivity contribution in [3.8, 4) is 17.2 Å². The van der Waals surface area contributed by atoms with Gasteiger partial charge in [-0.1, -0.05) is 19.1 Å². The van der Waals surface area contributed by atoms with Gasteiger partial charge in [0.05, 0.1) is 12.8 Å². The van der Waals surface area contributed by atoms with E-state index in [1.165, 1.54) is 17.7 Å². The second kappa shape index (κ2) is 10.2. The Morgan fingerprint density at radius 3 is 2.39 bits per heavy atom. The van der Waals surface area contributed by atoms with Crippen LogP contribution in [0.5, 0.6) is 11.5 Å². The minimum absolute atomic E-state index is 0.207. The zero-order chi connectivity index (χ0) is 24.1. The number of hydrogen-bond acceptors (Lipinski definition) is 6. The van der Waals surface area contributed by atoms with Crippen LogP contribution in [-0.4, -0.2) is 28.3 Å². The molecule has 174 valence electrons. The molecule has 1 heterocycles. The van der Waals surface area contributed by atoms with Crippen LogP contribution in [0.25, 0.3) is 5.69 Å². The highest BCUT2D eigenvalue weighted by Gasteiger charge is 2.17. The Kier molecular flexibility index (Phi) is 7.37. The van der Waals surface area contributed by atoms with Crippen LogP contribution in [0.1, 0.15) is 30.7 Å². The minimum atomic E-state index is -0.754. The lowest BCUT2D eigenvalue weighted by atomic mass is 10.1. The molecule has 0 aliphatic carbocycles. The Bertz CT molecular complexity index is 1260. The van der Waals surface area contributed by atoms with Crippen molar-refractivity contribution in [1.82, 2.24) is 9.13 Å². The topological polar surface area (TPSA) is 88.8 Å². The molecule has 0 amide bonds. The van der Waals surface area contributed by atoms with E-state index in [1.54, 1.807) is 45.2 Å². The van der Waals surface area contributed by atoms with E-state index in [4.69, 9.17) is 14.2 Å². The first-order valence-electron chi connectivity index (χ1n) is 10.6. The average molecular weight is 453 g/mol. The summed E-state index contributed by atoms with van der Waals surface area (Å²) in [6.07, 6.45) is 0.0687. The standard InChI is InChI=1S/C25H28N2O6/c1-6-18-7-8-19(22(14-18)33-17(3)24(29)31-5)15-32-21-11-9-20(10-12-21)27-23(28)13-16(2)26(4)25(27)30/h7-14,17H,6,15H2,1-5H3. The number of rotatable bonds is 8. The molecule has 0 aliphatic heterocycles. The van der Waals surface area contributed by atoms with Crippen LogP contribution in [0, 0.1) is 6.92 Å². The Hall–Kier alpha value is -3.81. The predicted octanol–water partition coefficient (Wildman–Crippen LogP) is 2.93. The molecule has 3 aromatic rings. The Morgan fingerprint density at radius 1 is 1.06 bits per heavy atom. The molecule has 0 radical (unpaired) electrons. The lowest BCUT2D eigenvalue weighted by Gasteiger charge is -2.17. The fourth-order valence-corrected chi connectivity index (χ4v) is 3.28. The van der Waals surface area contributed by atoms with Crippen molar-refractivity contribution in [2.24, 2.45) is 7.05 Å². The number of carbonyl (C=O) groups excluding carboxylic acids is 1. The SMILES string of the molecule is CCc1ccc(COc2ccc(-n3c(=O)cc(C)n(C)c3=O)cc2)c(OC(C)C(=O)OC)c1. The Labute approximate surface area is 192 Å². The van der Waals surface area contributed by atoms with Gasteiger partial charge in [0.2, 0.25) is 0 Å². The van der Waals surface area contributed by atoms with Gasteiger partial charge in [0.15, 0.2) is 6.10 Å². The van der Waals surface area contributed by atoms with Gasteiger partial charge in [-0.25, -0.2) is 14.2 Å². The summed E-state index contributed by atoms with van der Waals surface area (Å²) in [6, 6.07) is 13.9. The number of benzene rings is 2. The molecule has 0 saturated carbocycles. The lowest BCUT2D eigenvalue weighted by Crippen LogP contribution is -2.38. The highest BCUT2D eigenvalue weighted by molar-refractivity contribution is 5.74. The molecule has 1 atom stereocenters. The number of hydrogen-bond donors (Lipinski definition) is 0. The van der Waals surface area contributed by atoms with E-state index in [2.05, 4.69) is 0 Å². The molecule has 2 aromatic carbocycles. The summed E-state index contributed by atoms with van der Waals surface area (Å²) in [5, 5.41) is 0. The second-order valence-electron chi connectivity index (χ2n) is 7.66. The zero-order valence-electron chi connectivity index (χ0n) is 19.5. The number of carbonyl (C=O) groups is 1. The maximum atomic E-state index is 12.5. The fraction of sp³-hybridized carbons (Fsp3) is 0.320. The normalized spacial score (nSPS) is 11.7. The zero-order valence-corrected chi connectivity index (χ0v) is 19.5. The molecule has 1 aromatic heterocycles. The van der Waals surface area contributed by atoms with Crippen LogP contribution in [0.15, 0.2) is 58.1 Å². The predicted molar refractivity (Wildman–Crippen MR) is 124 cm³/mol. The average Bonchev–Trinajstić information content (AvgIpc) is 2.82. The van der Waals surface area contributed by atoms with Crippen molar-refractivity contribution in [1.29, 1.82) is 0 Å². The van der Waals surface area contributed by atoms with Crippen molar-refractivity contribution in [3.63, 3.8) is 0 Å². The summed E-state index contributed by atoms with van der Waals surface area (Å²) in [5.41, 5.74) is 2.09. The van der Waals surface area contributed by atoms with Crippen LogP contribution in [-0.2, 0) is 29.6 Å². The van der Waals surface area contributed by atoms with Gasteiger partial charge in [-0.15, -0.1) is 0 Å². The first-order chi connectivity index (χ1) is 15.7. The third-order valence-corrected chi connectivity index (χ3v) is 5.43. The molecule has 0 aliphatic rings. The maximum absolute atomic E-state index is 12.5. The van der Waals surface area contributed by atoms with E-state index in [-0.39, 0.29) is 12.2 Å². The summed E-state index contributed by atoms with van der Waals surface area (Å²) in [6.45, 7) is 5.58. The summed E-state index contributed by atoms with van der Waals surface area (Å²) in [7, 11) is 2.94. The molecule has 8 heteroatoms. The van der Waals surface area contributed by atoms with Crippen LogP contribution >= 0.6 is 0 Å². The van der Waals surface area contributed by atoms with Crippen molar-refractivity contribution in [3.05, 3.63) is 86.2 Å². The van der Waals surface area contributed by atoms with E-state index < -0.39 is 17.8 Å². The molecule has 0 spiro atoms. The highest BCUT2D eigenvalue weighted by atomic mass is 16.6. The number of methoxy groups -OCH3 is 1. The van der Waals surface area contributed by atoms with Gasteiger partial charge >= 0.3 is 11.7 Å². The van der Waals surface area contributed by atoms with Crippen molar-refractivity contribution < 1.29 is 19.0 Å². The molecule has 0 N–H and O–H groups in total. The first-order valence-corrected chi connectivity index (χ1v) is 10.6. The highest BCUT2D eigenvalue weighted by Crippen LogP contribution is 2.25. The lowest BCUT2D eigenvalue weighted by molar-refractivity contribution is -0.147. The van der Waals surface area contributed by atoms with Gasteiger partial charge in [-0.3, -0.25) is 4.79 Å². The molecular formula is C25H28N2O6. The van der Waals surface area contributed by atoms with Crippen molar-refractivity contribution in [2.45, 2.75) is 39.9 Å².